The molecule has 19 heavy (non-hydrogen) atoms. The molecule has 0 aromatic heterocycles. The Morgan fingerprint density at radius 1 is 1.32 bits per heavy atom. The summed E-state index contributed by atoms with van der Waals surface area (Å²) < 4.78 is 5.45. The topological polar surface area (TPSA) is 87.0 Å². The minimum Gasteiger partial charge on any atom is -0.508 e. The average Bonchev–Trinajstić information content (AvgIpc) is 2.80. The summed E-state index contributed by atoms with van der Waals surface area (Å²) in [5, 5.41) is 29.2. The molecule has 1 saturated heterocycles. The van der Waals surface area contributed by atoms with E-state index >= 15 is 0 Å². The molecular weight excluding hydrogens is 248 g/mol. The number of phenolic OH excluding ortho intramolecular Hbond substituents is 2. The van der Waals surface area contributed by atoms with E-state index in [2.05, 4.69) is 0 Å². The van der Waals surface area contributed by atoms with Crippen molar-refractivity contribution in [2.75, 3.05) is 0 Å². The summed E-state index contributed by atoms with van der Waals surface area (Å²) >= 11 is 0. The molecule has 0 saturated carbocycles. The summed E-state index contributed by atoms with van der Waals surface area (Å²) in [7, 11) is 0. The number of phenols is 2. The maximum atomic E-state index is 12.1. The zero-order valence-electron chi connectivity index (χ0n) is 11.0. The molecule has 5 heteroatoms. The first-order valence-electron chi connectivity index (χ1n) is 6.30. The number of benzene rings is 1. The molecule has 0 aliphatic carbocycles. The van der Waals surface area contributed by atoms with Gasteiger partial charge < -0.3 is 20.1 Å². The number of hydrogen-bond acceptors (Lipinski definition) is 5. The Hall–Kier alpha value is -1.59. The number of rotatable bonds is 3. The molecule has 2 rings (SSSR count). The van der Waals surface area contributed by atoms with Crippen molar-refractivity contribution in [3.8, 4) is 11.5 Å². The van der Waals surface area contributed by atoms with Crippen molar-refractivity contribution >= 4 is 5.78 Å². The van der Waals surface area contributed by atoms with E-state index in [0.29, 0.717) is 12.0 Å². The van der Waals surface area contributed by atoms with Gasteiger partial charge in [-0.15, -0.1) is 0 Å². The van der Waals surface area contributed by atoms with Crippen LogP contribution in [0.1, 0.15) is 35.7 Å². The van der Waals surface area contributed by atoms with E-state index < -0.39 is 18.0 Å². The summed E-state index contributed by atoms with van der Waals surface area (Å²) in [6.45, 7) is 3.43. The van der Waals surface area contributed by atoms with Crippen LogP contribution in [0.25, 0.3) is 0 Å². The highest BCUT2D eigenvalue weighted by Crippen LogP contribution is 2.29. The van der Waals surface area contributed by atoms with Crippen molar-refractivity contribution in [1.29, 1.82) is 0 Å². The Morgan fingerprint density at radius 3 is 2.37 bits per heavy atom. The molecule has 5 nitrogen and oxygen atoms in total. The van der Waals surface area contributed by atoms with Crippen molar-refractivity contribution in [2.45, 2.75) is 45.0 Å². The minimum absolute atomic E-state index is 0.0345. The number of ketones is 1. The maximum absolute atomic E-state index is 12.1. The minimum atomic E-state index is -1.27. The van der Waals surface area contributed by atoms with Crippen molar-refractivity contribution < 1.29 is 24.9 Å². The molecule has 0 unspecified atom stereocenters. The lowest BCUT2D eigenvalue weighted by atomic mass is 9.98. The van der Waals surface area contributed by atoms with Gasteiger partial charge >= 0.3 is 0 Å². The first-order chi connectivity index (χ1) is 8.90. The van der Waals surface area contributed by atoms with Crippen LogP contribution in [0.4, 0.5) is 0 Å². The van der Waals surface area contributed by atoms with Crippen LogP contribution in [0.3, 0.4) is 0 Å². The molecule has 104 valence electrons. The van der Waals surface area contributed by atoms with Crippen LogP contribution >= 0.6 is 0 Å². The van der Waals surface area contributed by atoms with E-state index in [1.807, 2.05) is 6.92 Å². The van der Waals surface area contributed by atoms with Crippen LogP contribution in [-0.2, 0) is 4.74 Å². The zero-order valence-corrected chi connectivity index (χ0v) is 11.0. The second-order valence-corrected chi connectivity index (χ2v) is 5.01. The number of aliphatic hydroxyl groups excluding tert-OH is 1. The lowest BCUT2D eigenvalue weighted by Gasteiger charge is -2.17. The molecule has 1 heterocycles. The first kappa shape index (κ1) is 13.8. The monoisotopic (exact) mass is 266 g/mol. The third kappa shape index (κ3) is 2.72. The highest BCUT2D eigenvalue weighted by atomic mass is 16.5. The van der Waals surface area contributed by atoms with Crippen molar-refractivity contribution in [3.05, 3.63) is 23.3 Å². The standard InChI is InChI=1S/C14H18O5/c1-7-3-4-12(19-7)14(18)13(17)9-5-10(15)8(2)11(16)6-9/h5-7,12,14-16,18H,3-4H2,1-2H3/t7-,12+,14+/m0/s1. The lowest BCUT2D eigenvalue weighted by Crippen LogP contribution is -2.34. The fourth-order valence-electron chi connectivity index (χ4n) is 2.23. The van der Waals surface area contributed by atoms with Gasteiger partial charge in [-0.2, -0.15) is 0 Å². The molecule has 0 amide bonds. The lowest BCUT2D eigenvalue weighted by molar-refractivity contribution is -0.0184. The highest BCUT2D eigenvalue weighted by molar-refractivity contribution is 6.00. The largest absolute Gasteiger partial charge is 0.508 e. The van der Waals surface area contributed by atoms with Gasteiger partial charge in [0.2, 0.25) is 0 Å². The molecule has 3 N–H and O–H groups in total. The van der Waals surface area contributed by atoms with Crippen LogP contribution < -0.4 is 0 Å². The van der Waals surface area contributed by atoms with Crippen LogP contribution in [-0.4, -0.2) is 39.4 Å². The van der Waals surface area contributed by atoms with Gasteiger partial charge in [0, 0.05) is 11.1 Å². The first-order valence-corrected chi connectivity index (χ1v) is 6.30. The van der Waals surface area contributed by atoms with Gasteiger partial charge in [-0.3, -0.25) is 4.79 Å². The molecule has 1 aromatic carbocycles. The van der Waals surface area contributed by atoms with Gasteiger partial charge in [0.1, 0.15) is 17.6 Å². The van der Waals surface area contributed by atoms with Gasteiger partial charge in [0.05, 0.1) is 12.2 Å². The third-order valence-corrected chi connectivity index (χ3v) is 3.52. The summed E-state index contributed by atoms with van der Waals surface area (Å²) in [6, 6.07) is 2.50. The quantitative estimate of drug-likeness (QED) is 0.722. The summed E-state index contributed by atoms with van der Waals surface area (Å²) in [4.78, 5) is 12.1. The fraction of sp³-hybridized carbons (Fsp3) is 0.500. The van der Waals surface area contributed by atoms with Gasteiger partial charge in [-0.05, 0) is 38.8 Å². The van der Waals surface area contributed by atoms with Crippen LogP contribution in [0, 0.1) is 6.92 Å². The van der Waals surface area contributed by atoms with Gasteiger partial charge in [0.15, 0.2) is 5.78 Å². The number of Topliss-reactive ketones (excluding diaryl/α,β-unsaturated/α-hetero) is 1. The molecule has 1 aliphatic heterocycles. The number of aliphatic hydroxyl groups is 1. The number of carbonyl (C=O) groups excluding carboxylic acids is 1. The van der Waals surface area contributed by atoms with E-state index in [1.165, 1.54) is 19.1 Å². The summed E-state index contributed by atoms with van der Waals surface area (Å²) in [5.74, 6) is -0.891. The molecule has 1 aliphatic rings. The number of carbonyl (C=O) groups is 1. The normalized spacial score (nSPS) is 24.4. The van der Waals surface area contributed by atoms with E-state index in [4.69, 9.17) is 4.74 Å². The second kappa shape index (κ2) is 5.19. The number of aromatic hydroxyl groups is 2. The third-order valence-electron chi connectivity index (χ3n) is 3.52. The van der Waals surface area contributed by atoms with Gasteiger partial charge in [0.25, 0.3) is 0 Å². The van der Waals surface area contributed by atoms with E-state index in [-0.39, 0.29) is 23.2 Å². The summed E-state index contributed by atoms with van der Waals surface area (Å²) in [6.07, 6.45) is -0.330. The molecule has 0 bridgehead atoms. The Labute approximate surface area is 111 Å². The zero-order chi connectivity index (χ0) is 14.2. The highest BCUT2D eigenvalue weighted by Gasteiger charge is 2.33. The van der Waals surface area contributed by atoms with Crippen LogP contribution in [0.2, 0.25) is 0 Å². The van der Waals surface area contributed by atoms with Crippen molar-refractivity contribution in [2.24, 2.45) is 0 Å². The molecule has 0 radical (unpaired) electrons. The average molecular weight is 266 g/mol. The molecule has 1 fully saturated rings. The molecule has 3 atom stereocenters. The van der Waals surface area contributed by atoms with Crippen molar-refractivity contribution in [1.82, 2.24) is 0 Å². The molecular formula is C14H18O5. The predicted molar refractivity (Wildman–Crippen MR) is 68.4 cm³/mol. The number of hydrogen-bond donors (Lipinski definition) is 3. The van der Waals surface area contributed by atoms with E-state index in [1.54, 1.807) is 0 Å². The molecule has 1 aromatic rings. The SMILES string of the molecule is Cc1c(O)cc(C(=O)[C@H](O)[C@H]2CC[C@H](C)O2)cc1O. The molecule has 0 spiro atoms. The second-order valence-electron chi connectivity index (χ2n) is 5.01. The Bertz CT molecular complexity index is 474. The Morgan fingerprint density at radius 2 is 1.89 bits per heavy atom. The Kier molecular flexibility index (Phi) is 3.78. The summed E-state index contributed by atoms with van der Waals surface area (Å²) in [5.41, 5.74) is 0.382. The maximum Gasteiger partial charge on any atom is 0.194 e. The van der Waals surface area contributed by atoms with E-state index in [9.17, 15) is 20.1 Å². The smallest absolute Gasteiger partial charge is 0.194 e. The Balaban J connectivity index is 2.19. The van der Waals surface area contributed by atoms with Crippen LogP contribution in [0.15, 0.2) is 12.1 Å². The van der Waals surface area contributed by atoms with Gasteiger partial charge in [-0.25, -0.2) is 0 Å². The fourth-order valence-corrected chi connectivity index (χ4v) is 2.23. The van der Waals surface area contributed by atoms with Crippen LogP contribution in [0.5, 0.6) is 11.5 Å². The van der Waals surface area contributed by atoms with Gasteiger partial charge in [-0.1, -0.05) is 0 Å². The number of ether oxygens (including phenoxy) is 1. The predicted octanol–water partition coefficient (Wildman–Crippen LogP) is 1.52. The van der Waals surface area contributed by atoms with E-state index in [0.717, 1.165) is 6.42 Å². The van der Waals surface area contributed by atoms with Crippen molar-refractivity contribution in [3.63, 3.8) is 0 Å².